The van der Waals surface area contributed by atoms with Crippen molar-refractivity contribution < 1.29 is 9.53 Å². The average Bonchev–Trinajstić information content (AvgIpc) is 2.48. The Morgan fingerprint density at radius 3 is 2.65 bits per heavy atom. The molecule has 2 rings (SSSR count). The number of Topliss-reactive ketones (excluding diaryl/α,β-unsaturated/α-hetero) is 1. The van der Waals surface area contributed by atoms with Crippen LogP contribution in [-0.2, 0) is 0 Å². The SMILES string of the molecule is COc1ccccc1C(C#N)C(=O)c1cccc(I)c1. The number of ether oxygens (including phenoxy) is 1. The first kappa shape index (κ1) is 14.5. The molecule has 0 saturated carbocycles. The normalized spacial score (nSPS) is 11.4. The summed E-state index contributed by atoms with van der Waals surface area (Å²) in [6, 6.07) is 16.4. The fraction of sp³-hybridized carbons (Fsp3) is 0.125. The highest BCUT2D eigenvalue weighted by atomic mass is 127. The number of carbonyl (C=O) groups is 1. The summed E-state index contributed by atoms with van der Waals surface area (Å²) >= 11 is 2.14. The van der Waals surface area contributed by atoms with Crippen molar-refractivity contribution in [2.24, 2.45) is 0 Å². The number of benzene rings is 2. The average molecular weight is 377 g/mol. The molecule has 100 valence electrons. The highest BCUT2D eigenvalue weighted by Gasteiger charge is 2.24. The summed E-state index contributed by atoms with van der Waals surface area (Å²) in [5, 5.41) is 9.37. The Bertz CT molecular complexity index is 676. The maximum atomic E-state index is 12.5. The Kier molecular flexibility index (Phi) is 4.74. The number of para-hydroxylation sites is 1. The molecule has 0 bridgehead atoms. The van der Waals surface area contributed by atoms with E-state index in [4.69, 9.17) is 4.74 Å². The minimum Gasteiger partial charge on any atom is -0.496 e. The third kappa shape index (κ3) is 2.99. The Labute approximate surface area is 131 Å². The molecule has 0 heterocycles. The zero-order chi connectivity index (χ0) is 14.5. The maximum Gasteiger partial charge on any atom is 0.184 e. The van der Waals surface area contributed by atoms with Gasteiger partial charge in [0, 0.05) is 14.7 Å². The summed E-state index contributed by atoms with van der Waals surface area (Å²) in [6.07, 6.45) is 0. The lowest BCUT2D eigenvalue weighted by molar-refractivity contribution is 0.0977. The zero-order valence-electron chi connectivity index (χ0n) is 10.8. The van der Waals surface area contributed by atoms with Gasteiger partial charge in [0.25, 0.3) is 0 Å². The molecule has 0 N–H and O–H groups in total. The van der Waals surface area contributed by atoms with E-state index in [1.165, 1.54) is 7.11 Å². The zero-order valence-corrected chi connectivity index (χ0v) is 13.0. The topological polar surface area (TPSA) is 50.1 Å². The van der Waals surface area contributed by atoms with Gasteiger partial charge in [0.1, 0.15) is 11.7 Å². The molecule has 0 saturated heterocycles. The first-order valence-electron chi connectivity index (χ1n) is 5.99. The van der Waals surface area contributed by atoms with Gasteiger partial charge in [-0.1, -0.05) is 30.3 Å². The second kappa shape index (κ2) is 6.53. The Hall–Kier alpha value is -1.87. The van der Waals surface area contributed by atoms with E-state index in [0.717, 1.165) is 3.57 Å². The molecule has 0 spiro atoms. The van der Waals surface area contributed by atoms with E-state index in [0.29, 0.717) is 16.9 Å². The van der Waals surface area contributed by atoms with E-state index in [9.17, 15) is 10.1 Å². The summed E-state index contributed by atoms with van der Waals surface area (Å²) in [7, 11) is 1.53. The molecule has 2 aromatic carbocycles. The van der Waals surface area contributed by atoms with Crippen LogP contribution < -0.4 is 4.74 Å². The summed E-state index contributed by atoms with van der Waals surface area (Å²) < 4.78 is 6.20. The van der Waals surface area contributed by atoms with Gasteiger partial charge in [-0.2, -0.15) is 5.26 Å². The molecule has 4 heteroatoms. The number of nitrogens with zero attached hydrogens (tertiary/aromatic N) is 1. The molecular formula is C16H12INO2. The fourth-order valence-electron chi connectivity index (χ4n) is 1.98. The smallest absolute Gasteiger partial charge is 0.184 e. The molecule has 0 amide bonds. The number of hydrogen-bond acceptors (Lipinski definition) is 3. The van der Waals surface area contributed by atoms with Gasteiger partial charge in [-0.25, -0.2) is 0 Å². The van der Waals surface area contributed by atoms with Gasteiger partial charge in [-0.05, 0) is 40.8 Å². The van der Waals surface area contributed by atoms with Crippen molar-refractivity contribution in [2.45, 2.75) is 5.92 Å². The summed E-state index contributed by atoms with van der Waals surface area (Å²) in [5.41, 5.74) is 1.13. The minimum absolute atomic E-state index is 0.212. The molecule has 2 aromatic rings. The number of halogens is 1. The van der Waals surface area contributed by atoms with Gasteiger partial charge in [-0.15, -0.1) is 0 Å². The van der Waals surface area contributed by atoms with Crippen molar-refractivity contribution >= 4 is 28.4 Å². The minimum atomic E-state index is -0.857. The summed E-state index contributed by atoms with van der Waals surface area (Å²) in [4.78, 5) is 12.5. The quantitative estimate of drug-likeness (QED) is 0.602. The van der Waals surface area contributed by atoms with Gasteiger partial charge in [-0.3, -0.25) is 4.79 Å². The third-order valence-corrected chi connectivity index (χ3v) is 3.62. The number of nitriles is 1. The van der Waals surface area contributed by atoms with Crippen LogP contribution in [-0.4, -0.2) is 12.9 Å². The van der Waals surface area contributed by atoms with Crippen LogP contribution in [0.4, 0.5) is 0 Å². The largest absolute Gasteiger partial charge is 0.496 e. The molecule has 0 aliphatic carbocycles. The van der Waals surface area contributed by atoms with Gasteiger partial charge in [0.2, 0.25) is 0 Å². The number of rotatable bonds is 4. The van der Waals surface area contributed by atoms with Crippen LogP contribution in [0.3, 0.4) is 0 Å². The number of methoxy groups -OCH3 is 1. The molecule has 0 aliphatic heterocycles. The van der Waals surface area contributed by atoms with Gasteiger partial charge in [0.05, 0.1) is 13.2 Å². The number of ketones is 1. The van der Waals surface area contributed by atoms with Crippen molar-refractivity contribution in [3.63, 3.8) is 0 Å². The van der Waals surface area contributed by atoms with Crippen molar-refractivity contribution in [2.75, 3.05) is 7.11 Å². The highest BCUT2D eigenvalue weighted by molar-refractivity contribution is 14.1. The van der Waals surface area contributed by atoms with Gasteiger partial charge >= 0.3 is 0 Å². The van der Waals surface area contributed by atoms with Gasteiger partial charge in [0.15, 0.2) is 5.78 Å². The fourth-order valence-corrected chi connectivity index (χ4v) is 2.53. The summed E-state index contributed by atoms with van der Waals surface area (Å²) in [5.74, 6) is -0.516. The molecule has 0 fully saturated rings. The van der Waals surface area contributed by atoms with E-state index < -0.39 is 5.92 Å². The van der Waals surface area contributed by atoms with Crippen LogP contribution in [0.25, 0.3) is 0 Å². The van der Waals surface area contributed by atoms with E-state index >= 15 is 0 Å². The van der Waals surface area contributed by atoms with E-state index in [1.54, 1.807) is 30.3 Å². The van der Waals surface area contributed by atoms with Crippen molar-refractivity contribution in [1.82, 2.24) is 0 Å². The molecule has 1 unspecified atom stereocenters. The first-order chi connectivity index (χ1) is 9.67. The summed E-state index contributed by atoms with van der Waals surface area (Å²) in [6.45, 7) is 0. The molecule has 0 aliphatic rings. The lowest BCUT2D eigenvalue weighted by Crippen LogP contribution is -2.12. The molecule has 0 aromatic heterocycles. The van der Waals surface area contributed by atoms with Crippen molar-refractivity contribution in [3.05, 3.63) is 63.2 Å². The monoisotopic (exact) mass is 377 g/mol. The molecular weight excluding hydrogens is 365 g/mol. The molecule has 1 atom stereocenters. The Morgan fingerprint density at radius 1 is 1.25 bits per heavy atom. The van der Waals surface area contributed by atoms with Crippen LogP contribution in [0, 0.1) is 14.9 Å². The maximum absolute atomic E-state index is 12.5. The predicted octanol–water partition coefficient (Wildman–Crippen LogP) is 3.79. The van der Waals surface area contributed by atoms with Crippen molar-refractivity contribution in [1.29, 1.82) is 5.26 Å². The van der Waals surface area contributed by atoms with Crippen LogP contribution in [0.5, 0.6) is 5.75 Å². The molecule has 0 radical (unpaired) electrons. The first-order valence-corrected chi connectivity index (χ1v) is 7.07. The number of hydrogen-bond donors (Lipinski definition) is 0. The van der Waals surface area contributed by atoms with Crippen LogP contribution in [0.1, 0.15) is 21.8 Å². The highest BCUT2D eigenvalue weighted by Crippen LogP contribution is 2.29. The second-order valence-electron chi connectivity index (χ2n) is 4.18. The number of carbonyl (C=O) groups excluding carboxylic acids is 1. The van der Waals surface area contributed by atoms with Gasteiger partial charge < -0.3 is 4.74 Å². The second-order valence-corrected chi connectivity index (χ2v) is 5.42. The predicted molar refractivity (Wildman–Crippen MR) is 84.8 cm³/mol. The van der Waals surface area contributed by atoms with Crippen molar-refractivity contribution in [3.8, 4) is 11.8 Å². The molecule has 3 nitrogen and oxygen atoms in total. The van der Waals surface area contributed by atoms with Crippen LogP contribution in [0.15, 0.2) is 48.5 Å². The Balaban J connectivity index is 2.43. The Morgan fingerprint density at radius 2 is 2.00 bits per heavy atom. The lowest BCUT2D eigenvalue weighted by atomic mass is 9.91. The van der Waals surface area contributed by atoms with E-state index in [-0.39, 0.29) is 5.78 Å². The van der Waals surface area contributed by atoms with Crippen LogP contribution >= 0.6 is 22.6 Å². The third-order valence-electron chi connectivity index (χ3n) is 2.95. The van der Waals surface area contributed by atoms with Crippen LogP contribution in [0.2, 0.25) is 0 Å². The molecule has 20 heavy (non-hydrogen) atoms. The lowest BCUT2D eigenvalue weighted by Gasteiger charge is -2.12. The van der Waals surface area contributed by atoms with E-state index in [2.05, 4.69) is 28.7 Å². The van der Waals surface area contributed by atoms with E-state index in [1.807, 2.05) is 18.2 Å². The standard InChI is InChI=1S/C16H12INO2/c1-20-15-8-3-2-7-13(15)14(10-18)16(19)11-5-4-6-12(17)9-11/h2-9,14H,1H3.